The first-order chi connectivity index (χ1) is 11.7. The van der Waals surface area contributed by atoms with E-state index in [0.717, 1.165) is 16.8 Å². The Morgan fingerprint density at radius 2 is 1.96 bits per heavy atom. The Hall–Kier alpha value is -3.15. The number of hydrogen-bond acceptors (Lipinski definition) is 6. The lowest BCUT2D eigenvalue weighted by Gasteiger charge is -2.11. The third-order valence-corrected chi connectivity index (χ3v) is 3.39. The Morgan fingerprint density at radius 1 is 1.12 bits per heavy atom. The number of benzene rings is 2. The number of nitrogens with zero attached hydrogens (tertiary/aromatic N) is 2. The molecule has 0 aliphatic carbocycles. The lowest BCUT2D eigenvalue weighted by atomic mass is 10.2. The molecule has 3 rings (SSSR count). The van der Waals surface area contributed by atoms with Crippen molar-refractivity contribution in [2.75, 3.05) is 19.0 Å². The Kier molecular flexibility index (Phi) is 4.56. The maximum atomic E-state index is 12.0. The maximum absolute atomic E-state index is 12.0. The number of hydrogen-bond donors (Lipinski definition) is 1. The van der Waals surface area contributed by atoms with E-state index < -0.39 is 5.97 Å². The molecule has 0 saturated carbocycles. The summed E-state index contributed by atoms with van der Waals surface area (Å²) < 4.78 is 10.2. The van der Waals surface area contributed by atoms with Crippen LogP contribution >= 0.6 is 0 Å². The van der Waals surface area contributed by atoms with Crippen molar-refractivity contribution in [1.29, 1.82) is 0 Å². The standard InChI is InChI=1S/C18H17N3O3/c1-3-24-18(22)17-20-15-10-5-4-9-14(15)16(21-17)19-12-7-6-8-13(11-12)23-2/h4-11H,3H2,1-2H3,(H,19,20,21). The first-order valence-corrected chi connectivity index (χ1v) is 7.56. The summed E-state index contributed by atoms with van der Waals surface area (Å²) in [5.74, 6) is 0.749. The van der Waals surface area contributed by atoms with Crippen LogP contribution in [0.4, 0.5) is 11.5 Å². The van der Waals surface area contributed by atoms with Gasteiger partial charge in [-0.15, -0.1) is 0 Å². The second-order valence-corrected chi connectivity index (χ2v) is 4.99. The average Bonchev–Trinajstić information content (AvgIpc) is 2.62. The van der Waals surface area contributed by atoms with Crippen molar-refractivity contribution in [3.05, 3.63) is 54.4 Å². The van der Waals surface area contributed by atoms with Crippen molar-refractivity contribution in [3.63, 3.8) is 0 Å². The molecule has 0 aliphatic heterocycles. The van der Waals surface area contributed by atoms with Gasteiger partial charge in [0, 0.05) is 17.1 Å². The van der Waals surface area contributed by atoms with Crippen LogP contribution in [-0.2, 0) is 4.74 Å². The number of fused-ring (bicyclic) bond motifs is 1. The zero-order valence-electron chi connectivity index (χ0n) is 13.4. The number of nitrogens with one attached hydrogen (secondary N) is 1. The minimum absolute atomic E-state index is 0.0287. The molecule has 0 radical (unpaired) electrons. The number of anilines is 2. The van der Waals surface area contributed by atoms with Gasteiger partial charge in [0.05, 0.1) is 19.2 Å². The molecule has 0 unspecified atom stereocenters. The average molecular weight is 323 g/mol. The van der Waals surface area contributed by atoms with Crippen LogP contribution in [-0.4, -0.2) is 29.7 Å². The molecule has 1 aromatic heterocycles. The number of esters is 1. The lowest BCUT2D eigenvalue weighted by Crippen LogP contribution is -2.11. The van der Waals surface area contributed by atoms with Crippen molar-refractivity contribution >= 4 is 28.4 Å². The number of carbonyl (C=O) groups is 1. The van der Waals surface area contributed by atoms with Crippen molar-refractivity contribution in [2.24, 2.45) is 0 Å². The molecule has 2 aromatic carbocycles. The van der Waals surface area contributed by atoms with Crippen LogP contribution in [0, 0.1) is 0 Å². The zero-order chi connectivity index (χ0) is 16.9. The van der Waals surface area contributed by atoms with Gasteiger partial charge in [-0.2, -0.15) is 0 Å². The fourth-order valence-electron chi connectivity index (χ4n) is 2.30. The topological polar surface area (TPSA) is 73.3 Å². The monoisotopic (exact) mass is 323 g/mol. The van der Waals surface area contributed by atoms with Crippen LogP contribution in [0.15, 0.2) is 48.5 Å². The molecule has 0 fully saturated rings. The van der Waals surface area contributed by atoms with E-state index in [2.05, 4.69) is 15.3 Å². The largest absolute Gasteiger partial charge is 0.497 e. The van der Waals surface area contributed by atoms with Gasteiger partial charge in [-0.3, -0.25) is 0 Å². The van der Waals surface area contributed by atoms with Crippen LogP contribution < -0.4 is 10.1 Å². The Balaban J connectivity index is 2.05. The number of rotatable bonds is 5. The smallest absolute Gasteiger partial charge is 0.376 e. The predicted molar refractivity (Wildman–Crippen MR) is 91.8 cm³/mol. The summed E-state index contributed by atoms with van der Waals surface area (Å²) in [6.45, 7) is 2.02. The van der Waals surface area contributed by atoms with Gasteiger partial charge in [0.25, 0.3) is 0 Å². The van der Waals surface area contributed by atoms with E-state index in [0.29, 0.717) is 11.3 Å². The Labute approximate surface area is 139 Å². The van der Waals surface area contributed by atoms with E-state index in [4.69, 9.17) is 9.47 Å². The van der Waals surface area contributed by atoms with Crippen LogP contribution in [0.5, 0.6) is 5.75 Å². The van der Waals surface area contributed by atoms with Gasteiger partial charge in [-0.25, -0.2) is 14.8 Å². The van der Waals surface area contributed by atoms with E-state index in [-0.39, 0.29) is 12.4 Å². The van der Waals surface area contributed by atoms with Gasteiger partial charge in [0.1, 0.15) is 11.6 Å². The minimum Gasteiger partial charge on any atom is -0.497 e. The summed E-state index contributed by atoms with van der Waals surface area (Å²) in [6.07, 6.45) is 0. The van der Waals surface area contributed by atoms with E-state index in [1.807, 2.05) is 48.5 Å². The first kappa shape index (κ1) is 15.7. The van der Waals surface area contributed by atoms with Gasteiger partial charge in [0.15, 0.2) is 0 Å². The molecule has 6 heteroatoms. The van der Waals surface area contributed by atoms with E-state index in [1.165, 1.54) is 0 Å². The summed E-state index contributed by atoms with van der Waals surface area (Å²) in [4.78, 5) is 20.6. The van der Waals surface area contributed by atoms with Crippen molar-refractivity contribution < 1.29 is 14.3 Å². The number of methoxy groups -OCH3 is 1. The molecule has 122 valence electrons. The molecular formula is C18H17N3O3. The van der Waals surface area contributed by atoms with Gasteiger partial charge in [-0.05, 0) is 31.2 Å². The van der Waals surface area contributed by atoms with Crippen LogP contribution in [0.1, 0.15) is 17.5 Å². The van der Waals surface area contributed by atoms with E-state index in [1.54, 1.807) is 14.0 Å². The molecule has 0 saturated heterocycles. The number of ether oxygens (including phenoxy) is 2. The minimum atomic E-state index is -0.544. The van der Waals surface area contributed by atoms with Gasteiger partial charge in [-0.1, -0.05) is 18.2 Å². The quantitative estimate of drug-likeness (QED) is 0.724. The molecule has 24 heavy (non-hydrogen) atoms. The van der Waals surface area contributed by atoms with Gasteiger partial charge < -0.3 is 14.8 Å². The Morgan fingerprint density at radius 3 is 2.75 bits per heavy atom. The summed E-state index contributed by atoms with van der Waals surface area (Å²) >= 11 is 0. The number of para-hydroxylation sites is 1. The molecule has 0 amide bonds. The molecule has 0 spiro atoms. The third kappa shape index (κ3) is 3.27. The highest BCUT2D eigenvalue weighted by Crippen LogP contribution is 2.26. The fraction of sp³-hybridized carbons (Fsp3) is 0.167. The third-order valence-electron chi connectivity index (χ3n) is 3.39. The maximum Gasteiger partial charge on any atom is 0.376 e. The molecule has 6 nitrogen and oxygen atoms in total. The summed E-state index contributed by atoms with van der Waals surface area (Å²) in [6, 6.07) is 14.9. The normalized spacial score (nSPS) is 10.4. The van der Waals surface area contributed by atoms with Gasteiger partial charge >= 0.3 is 5.97 Å². The summed E-state index contributed by atoms with van der Waals surface area (Å²) in [5.41, 5.74) is 1.47. The zero-order valence-corrected chi connectivity index (χ0v) is 13.4. The SMILES string of the molecule is CCOC(=O)c1nc(Nc2cccc(OC)c2)c2ccccc2n1. The molecule has 0 atom stereocenters. The lowest BCUT2D eigenvalue weighted by molar-refractivity contribution is 0.0512. The second kappa shape index (κ2) is 6.95. The number of aromatic nitrogens is 2. The van der Waals surface area contributed by atoms with Crippen LogP contribution in [0.25, 0.3) is 10.9 Å². The highest BCUT2D eigenvalue weighted by atomic mass is 16.5. The number of carbonyl (C=O) groups excluding carboxylic acids is 1. The second-order valence-electron chi connectivity index (χ2n) is 4.99. The molecule has 3 aromatic rings. The predicted octanol–water partition coefficient (Wildman–Crippen LogP) is 3.56. The first-order valence-electron chi connectivity index (χ1n) is 7.56. The summed E-state index contributed by atoms with van der Waals surface area (Å²) in [5, 5.41) is 4.03. The molecule has 1 heterocycles. The Bertz CT molecular complexity index is 880. The van der Waals surface area contributed by atoms with Crippen molar-refractivity contribution in [1.82, 2.24) is 9.97 Å². The molecule has 0 aliphatic rings. The fourth-order valence-corrected chi connectivity index (χ4v) is 2.30. The van der Waals surface area contributed by atoms with Crippen molar-refractivity contribution in [2.45, 2.75) is 6.92 Å². The molecular weight excluding hydrogens is 306 g/mol. The highest BCUT2D eigenvalue weighted by Gasteiger charge is 2.15. The van der Waals surface area contributed by atoms with Crippen LogP contribution in [0.3, 0.4) is 0 Å². The van der Waals surface area contributed by atoms with E-state index >= 15 is 0 Å². The van der Waals surface area contributed by atoms with E-state index in [9.17, 15) is 4.79 Å². The van der Waals surface area contributed by atoms with Gasteiger partial charge in [0.2, 0.25) is 5.82 Å². The van der Waals surface area contributed by atoms with Crippen molar-refractivity contribution in [3.8, 4) is 5.75 Å². The summed E-state index contributed by atoms with van der Waals surface area (Å²) in [7, 11) is 1.61. The molecule has 1 N–H and O–H groups in total. The molecule has 0 bridgehead atoms. The van der Waals surface area contributed by atoms with Crippen LogP contribution in [0.2, 0.25) is 0 Å². The highest BCUT2D eigenvalue weighted by molar-refractivity contribution is 5.95.